The zero-order valence-corrected chi connectivity index (χ0v) is 8.87. The number of ether oxygens (including phenoxy) is 1. The standard InChI is InChI=1S/C11H8N2O4/c1-16-11(15)5-4-7-9(13-5)8-6(17-7)2-3-12-10(8)14/h2-4,13H,1H3,(H,12,14). The summed E-state index contributed by atoms with van der Waals surface area (Å²) in [6, 6.07) is 3.17. The van der Waals surface area contributed by atoms with Crippen LogP contribution in [-0.4, -0.2) is 23.0 Å². The van der Waals surface area contributed by atoms with Crippen molar-refractivity contribution in [2.75, 3.05) is 7.11 Å². The van der Waals surface area contributed by atoms with Gasteiger partial charge in [-0.25, -0.2) is 4.79 Å². The van der Waals surface area contributed by atoms with Crippen LogP contribution in [0.25, 0.3) is 22.1 Å². The molecule has 0 aliphatic heterocycles. The lowest BCUT2D eigenvalue weighted by Crippen LogP contribution is -2.04. The van der Waals surface area contributed by atoms with Crippen molar-refractivity contribution < 1.29 is 13.9 Å². The fourth-order valence-electron chi connectivity index (χ4n) is 1.82. The number of hydrogen-bond acceptors (Lipinski definition) is 4. The summed E-state index contributed by atoms with van der Waals surface area (Å²) in [5.41, 5.74) is 1.43. The van der Waals surface area contributed by atoms with Crippen LogP contribution in [0.15, 0.2) is 27.5 Å². The van der Waals surface area contributed by atoms with Crippen molar-refractivity contribution in [1.82, 2.24) is 9.97 Å². The van der Waals surface area contributed by atoms with E-state index in [0.717, 1.165) is 0 Å². The number of carbonyl (C=O) groups is 1. The van der Waals surface area contributed by atoms with Gasteiger partial charge in [0.15, 0.2) is 5.58 Å². The molecule has 0 aliphatic rings. The summed E-state index contributed by atoms with van der Waals surface area (Å²) in [7, 11) is 1.29. The molecule has 0 unspecified atom stereocenters. The van der Waals surface area contributed by atoms with Gasteiger partial charge in [-0.05, 0) is 6.07 Å². The number of H-pyrrole nitrogens is 2. The lowest BCUT2D eigenvalue weighted by molar-refractivity contribution is 0.0595. The second kappa shape index (κ2) is 3.24. The smallest absolute Gasteiger partial charge is 0.354 e. The highest BCUT2D eigenvalue weighted by Gasteiger charge is 2.16. The predicted octanol–water partition coefficient (Wildman–Crippen LogP) is 1.39. The lowest BCUT2D eigenvalue weighted by atomic mass is 10.3. The Morgan fingerprint density at radius 3 is 3.00 bits per heavy atom. The van der Waals surface area contributed by atoms with Crippen LogP contribution in [0, 0.1) is 0 Å². The van der Waals surface area contributed by atoms with E-state index >= 15 is 0 Å². The van der Waals surface area contributed by atoms with Gasteiger partial charge in [0.25, 0.3) is 5.56 Å². The molecule has 0 bridgehead atoms. The topological polar surface area (TPSA) is 88.1 Å². The molecule has 0 saturated heterocycles. The molecule has 0 saturated carbocycles. The van der Waals surface area contributed by atoms with Crippen molar-refractivity contribution in [2.45, 2.75) is 0 Å². The van der Waals surface area contributed by atoms with E-state index in [1.54, 1.807) is 6.07 Å². The van der Waals surface area contributed by atoms with Crippen LogP contribution in [0.4, 0.5) is 0 Å². The van der Waals surface area contributed by atoms with Crippen LogP contribution in [0.3, 0.4) is 0 Å². The Bertz CT molecular complexity index is 778. The Morgan fingerprint density at radius 2 is 2.24 bits per heavy atom. The van der Waals surface area contributed by atoms with Gasteiger partial charge >= 0.3 is 5.97 Å². The molecule has 6 nitrogen and oxygen atoms in total. The lowest BCUT2D eigenvalue weighted by Gasteiger charge is -1.93. The summed E-state index contributed by atoms with van der Waals surface area (Å²) in [5.74, 6) is -0.503. The van der Waals surface area contributed by atoms with Crippen LogP contribution in [-0.2, 0) is 4.74 Å². The average molecular weight is 232 g/mol. The Balaban J connectivity index is 2.38. The van der Waals surface area contributed by atoms with Crippen molar-refractivity contribution >= 4 is 28.0 Å². The van der Waals surface area contributed by atoms with Crippen molar-refractivity contribution in [2.24, 2.45) is 0 Å². The minimum atomic E-state index is -0.503. The summed E-state index contributed by atoms with van der Waals surface area (Å²) in [6.45, 7) is 0. The zero-order valence-electron chi connectivity index (χ0n) is 8.87. The van der Waals surface area contributed by atoms with E-state index in [9.17, 15) is 9.59 Å². The molecule has 0 radical (unpaired) electrons. The number of aromatic nitrogens is 2. The number of aromatic amines is 2. The minimum Gasteiger partial charge on any atom is -0.464 e. The highest BCUT2D eigenvalue weighted by molar-refractivity contribution is 6.05. The number of rotatable bonds is 1. The normalized spacial score (nSPS) is 11.1. The highest BCUT2D eigenvalue weighted by Crippen LogP contribution is 2.25. The number of methoxy groups -OCH3 is 1. The van der Waals surface area contributed by atoms with Crippen LogP contribution in [0.1, 0.15) is 10.5 Å². The quantitative estimate of drug-likeness (QED) is 0.620. The van der Waals surface area contributed by atoms with Crippen molar-refractivity contribution in [3.8, 4) is 0 Å². The molecular weight excluding hydrogens is 224 g/mol. The minimum absolute atomic E-state index is 0.256. The van der Waals surface area contributed by atoms with Crippen LogP contribution >= 0.6 is 0 Å². The Labute approximate surface area is 94.2 Å². The van der Waals surface area contributed by atoms with E-state index in [4.69, 9.17) is 4.42 Å². The van der Waals surface area contributed by atoms with Gasteiger partial charge in [-0.15, -0.1) is 0 Å². The summed E-state index contributed by atoms with van der Waals surface area (Å²) in [5, 5.41) is 0.401. The van der Waals surface area contributed by atoms with Gasteiger partial charge in [-0.3, -0.25) is 4.79 Å². The molecule has 0 aliphatic carbocycles. The number of hydrogen-bond donors (Lipinski definition) is 2. The molecule has 0 spiro atoms. The third-order valence-corrected chi connectivity index (χ3v) is 2.58. The zero-order chi connectivity index (χ0) is 12.0. The second-order valence-corrected chi connectivity index (χ2v) is 3.56. The molecule has 0 amide bonds. The van der Waals surface area contributed by atoms with Crippen molar-refractivity contribution in [3.63, 3.8) is 0 Å². The second-order valence-electron chi connectivity index (χ2n) is 3.56. The van der Waals surface area contributed by atoms with E-state index in [2.05, 4.69) is 14.7 Å². The summed E-state index contributed by atoms with van der Waals surface area (Å²) in [4.78, 5) is 28.3. The molecule has 3 aromatic rings. The molecule has 0 fully saturated rings. The first kappa shape index (κ1) is 9.71. The van der Waals surface area contributed by atoms with Gasteiger partial charge in [0.1, 0.15) is 16.7 Å². The molecule has 3 rings (SSSR count). The summed E-state index contributed by atoms with van der Waals surface area (Å²) >= 11 is 0. The van der Waals surface area contributed by atoms with Gasteiger partial charge in [0, 0.05) is 12.3 Å². The fraction of sp³-hybridized carbons (Fsp3) is 0.0909. The predicted molar refractivity (Wildman–Crippen MR) is 60.0 cm³/mol. The Kier molecular flexibility index (Phi) is 1.85. The van der Waals surface area contributed by atoms with Crippen LogP contribution in [0.2, 0.25) is 0 Å². The number of esters is 1. The summed E-state index contributed by atoms with van der Waals surface area (Å²) < 4.78 is 10.0. The molecule has 3 aromatic heterocycles. The number of carbonyl (C=O) groups excluding carboxylic acids is 1. The molecule has 0 atom stereocenters. The third-order valence-electron chi connectivity index (χ3n) is 2.58. The Morgan fingerprint density at radius 1 is 1.41 bits per heavy atom. The molecule has 17 heavy (non-hydrogen) atoms. The van der Waals surface area contributed by atoms with Crippen molar-refractivity contribution in [3.05, 3.63) is 34.4 Å². The number of pyridine rings is 1. The summed E-state index contributed by atoms with van der Waals surface area (Å²) in [6.07, 6.45) is 1.51. The number of nitrogens with one attached hydrogen (secondary N) is 2. The van der Waals surface area contributed by atoms with Gasteiger partial charge in [0.05, 0.1) is 12.6 Å². The number of fused-ring (bicyclic) bond motifs is 3. The maximum absolute atomic E-state index is 11.7. The number of furan rings is 1. The molecule has 3 heterocycles. The molecular formula is C11H8N2O4. The fourth-order valence-corrected chi connectivity index (χ4v) is 1.82. The van der Waals surface area contributed by atoms with Gasteiger partial charge in [0.2, 0.25) is 0 Å². The van der Waals surface area contributed by atoms with Gasteiger partial charge in [-0.1, -0.05) is 0 Å². The van der Waals surface area contributed by atoms with E-state index in [0.29, 0.717) is 22.1 Å². The van der Waals surface area contributed by atoms with Gasteiger partial charge in [-0.2, -0.15) is 0 Å². The first-order chi connectivity index (χ1) is 8.20. The Hall–Kier alpha value is -2.50. The maximum atomic E-state index is 11.7. The first-order valence-electron chi connectivity index (χ1n) is 4.92. The highest BCUT2D eigenvalue weighted by atomic mass is 16.5. The molecule has 86 valence electrons. The SMILES string of the molecule is COC(=O)c1cc2oc3cc[nH]c(=O)c3c2[nH]1. The third kappa shape index (κ3) is 1.27. The average Bonchev–Trinajstić information content (AvgIpc) is 2.85. The maximum Gasteiger partial charge on any atom is 0.354 e. The largest absolute Gasteiger partial charge is 0.464 e. The van der Waals surface area contributed by atoms with Crippen LogP contribution in [0.5, 0.6) is 0 Å². The monoisotopic (exact) mass is 232 g/mol. The van der Waals surface area contributed by atoms with E-state index in [1.807, 2.05) is 0 Å². The molecule has 0 aromatic carbocycles. The van der Waals surface area contributed by atoms with Gasteiger partial charge < -0.3 is 19.1 Å². The van der Waals surface area contributed by atoms with E-state index < -0.39 is 5.97 Å². The van der Waals surface area contributed by atoms with E-state index in [-0.39, 0.29) is 11.3 Å². The van der Waals surface area contributed by atoms with Crippen LogP contribution < -0.4 is 5.56 Å². The van der Waals surface area contributed by atoms with E-state index in [1.165, 1.54) is 19.4 Å². The molecule has 2 N–H and O–H groups in total. The molecule has 6 heteroatoms. The first-order valence-corrected chi connectivity index (χ1v) is 4.92. The van der Waals surface area contributed by atoms with Crippen molar-refractivity contribution in [1.29, 1.82) is 0 Å².